The molecule has 4 N–H and O–H groups in total. The number of nitrogens with zero attached hydrogens (tertiary/aromatic N) is 7. The fraction of sp³-hybridized carbons (Fsp3) is 0.417. The summed E-state index contributed by atoms with van der Waals surface area (Å²) in [4.78, 5) is 12.0. The van der Waals surface area contributed by atoms with E-state index in [2.05, 4.69) is 40.3 Å². The van der Waals surface area contributed by atoms with Crippen LogP contribution in [-0.4, -0.2) is 53.6 Å². The van der Waals surface area contributed by atoms with Crippen LogP contribution in [0.15, 0.2) is 42.7 Å². The second-order valence-corrected chi connectivity index (χ2v) is 9.05. The molecule has 4 heterocycles. The van der Waals surface area contributed by atoms with E-state index >= 15 is 0 Å². The standard InChI is InChI=1S/C24H31N9O/c1-16(2)20-14-27-33-22(20)28-24(31-10-7-18(25)8-11-31)29-23(33)26-13-17-5-3-4-6-21(17)32-12-9-19(15-34)30-32/h3-6,9,12,14,16,18,34H,7-8,10-11,13,15,25H2,1-2H3,(H,26,28,29). The zero-order valence-electron chi connectivity index (χ0n) is 19.6. The molecule has 0 saturated carbocycles. The average Bonchev–Trinajstić information content (AvgIpc) is 3.50. The number of nitrogens with one attached hydrogen (secondary N) is 1. The smallest absolute Gasteiger partial charge is 0.230 e. The fourth-order valence-corrected chi connectivity index (χ4v) is 4.28. The van der Waals surface area contributed by atoms with Crippen LogP contribution >= 0.6 is 0 Å². The van der Waals surface area contributed by atoms with Crippen LogP contribution in [0.2, 0.25) is 0 Å². The van der Waals surface area contributed by atoms with Crippen molar-refractivity contribution in [3.8, 4) is 5.69 Å². The van der Waals surface area contributed by atoms with Gasteiger partial charge in [0.25, 0.3) is 0 Å². The Hall–Kier alpha value is -3.50. The van der Waals surface area contributed by atoms with Gasteiger partial charge in [-0.1, -0.05) is 32.0 Å². The third-order valence-corrected chi connectivity index (χ3v) is 6.31. The van der Waals surface area contributed by atoms with Gasteiger partial charge < -0.3 is 21.1 Å². The number of hydrogen-bond acceptors (Lipinski definition) is 8. The van der Waals surface area contributed by atoms with E-state index in [4.69, 9.17) is 15.7 Å². The highest BCUT2D eigenvalue weighted by atomic mass is 16.3. The second-order valence-electron chi connectivity index (χ2n) is 9.05. The summed E-state index contributed by atoms with van der Waals surface area (Å²) in [5.74, 6) is 1.65. The Morgan fingerprint density at radius 1 is 1.15 bits per heavy atom. The van der Waals surface area contributed by atoms with Crippen molar-refractivity contribution >= 4 is 17.5 Å². The van der Waals surface area contributed by atoms with Gasteiger partial charge in [-0.25, -0.2) is 4.68 Å². The summed E-state index contributed by atoms with van der Waals surface area (Å²) in [7, 11) is 0. The SMILES string of the molecule is CC(C)c1cnn2c(NCc3ccccc3-n3ccc(CO)n3)nc(N3CCC(N)CC3)nc12. The first-order valence-electron chi connectivity index (χ1n) is 11.8. The Balaban J connectivity index is 1.48. The molecular weight excluding hydrogens is 430 g/mol. The lowest BCUT2D eigenvalue weighted by molar-refractivity contribution is 0.276. The topological polar surface area (TPSA) is 122 Å². The number of benzene rings is 1. The van der Waals surface area contributed by atoms with Gasteiger partial charge in [0.2, 0.25) is 11.9 Å². The van der Waals surface area contributed by atoms with Crippen LogP contribution in [0.5, 0.6) is 0 Å². The molecule has 178 valence electrons. The van der Waals surface area contributed by atoms with Crippen LogP contribution in [0.1, 0.15) is 49.4 Å². The summed E-state index contributed by atoms with van der Waals surface area (Å²) in [6.45, 7) is 6.42. The zero-order chi connectivity index (χ0) is 23.7. The summed E-state index contributed by atoms with van der Waals surface area (Å²) in [5.41, 5.74) is 10.6. The first kappa shape index (κ1) is 22.3. The van der Waals surface area contributed by atoms with Gasteiger partial charge in [-0.05, 0) is 36.5 Å². The number of aliphatic hydroxyl groups is 1. The number of aromatic nitrogens is 6. The molecule has 0 aliphatic carbocycles. The molecule has 0 unspecified atom stereocenters. The Bertz CT molecular complexity index is 1270. The van der Waals surface area contributed by atoms with Crippen LogP contribution < -0.4 is 16.0 Å². The summed E-state index contributed by atoms with van der Waals surface area (Å²) in [6.07, 6.45) is 5.60. The van der Waals surface area contributed by atoms with Crippen molar-refractivity contribution in [1.82, 2.24) is 29.4 Å². The Kier molecular flexibility index (Phi) is 6.16. The van der Waals surface area contributed by atoms with E-state index in [9.17, 15) is 5.11 Å². The van der Waals surface area contributed by atoms with Crippen molar-refractivity contribution in [1.29, 1.82) is 0 Å². The van der Waals surface area contributed by atoms with E-state index in [1.807, 2.05) is 36.7 Å². The molecule has 0 radical (unpaired) electrons. The van der Waals surface area contributed by atoms with Gasteiger partial charge in [-0.2, -0.15) is 24.7 Å². The molecule has 4 aromatic rings. The normalized spacial score (nSPS) is 14.9. The predicted molar refractivity (Wildman–Crippen MR) is 131 cm³/mol. The molecule has 10 nitrogen and oxygen atoms in total. The highest BCUT2D eigenvalue weighted by Crippen LogP contribution is 2.25. The Labute approximate surface area is 198 Å². The molecule has 0 bridgehead atoms. The van der Waals surface area contributed by atoms with E-state index in [1.54, 1.807) is 9.20 Å². The molecule has 10 heteroatoms. The van der Waals surface area contributed by atoms with Gasteiger partial charge in [0.15, 0.2) is 5.65 Å². The van der Waals surface area contributed by atoms with Crippen molar-refractivity contribution < 1.29 is 5.11 Å². The molecular formula is C24H31N9O. The monoisotopic (exact) mass is 461 g/mol. The van der Waals surface area contributed by atoms with Crippen LogP contribution in [-0.2, 0) is 13.2 Å². The number of aliphatic hydroxyl groups excluding tert-OH is 1. The zero-order valence-corrected chi connectivity index (χ0v) is 19.6. The lowest BCUT2D eigenvalue weighted by Crippen LogP contribution is -2.40. The molecule has 3 aromatic heterocycles. The van der Waals surface area contributed by atoms with Crippen molar-refractivity contribution in [2.75, 3.05) is 23.3 Å². The van der Waals surface area contributed by atoms with Gasteiger partial charge in [-0.3, -0.25) is 0 Å². The van der Waals surface area contributed by atoms with E-state index in [0.29, 0.717) is 30.1 Å². The number of hydrogen-bond donors (Lipinski definition) is 3. The molecule has 0 amide bonds. The van der Waals surface area contributed by atoms with E-state index in [0.717, 1.165) is 48.4 Å². The van der Waals surface area contributed by atoms with E-state index < -0.39 is 0 Å². The molecule has 5 rings (SSSR count). The summed E-state index contributed by atoms with van der Waals surface area (Å²) in [5, 5.41) is 21.9. The van der Waals surface area contributed by atoms with Gasteiger partial charge >= 0.3 is 0 Å². The third kappa shape index (κ3) is 4.34. The number of piperidine rings is 1. The average molecular weight is 462 g/mol. The summed E-state index contributed by atoms with van der Waals surface area (Å²) < 4.78 is 3.57. The van der Waals surface area contributed by atoms with E-state index in [1.165, 1.54) is 0 Å². The Morgan fingerprint density at radius 3 is 2.68 bits per heavy atom. The molecule has 1 aliphatic rings. The molecule has 0 atom stereocenters. The van der Waals surface area contributed by atoms with Crippen LogP contribution in [0, 0.1) is 0 Å². The van der Waals surface area contributed by atoms with Crippen LogP contribution in [0.25, 0.3) is 11.3 Å². The Morgan fingerprint density at radius 2 is 1.94 bits per heavy atom. The van der Waals surface area contributed by atoms with Gasteiger partial charge in [-0.15, -0.1) is 0 Å². The number of fused-ring (bicyclic) bond motifs is 1. The minimum Gasteiger partial charge on any atom is -0.390 e. The predicted octanol–water partition coefficient (Wildman–Crippen LogP) is 2.47. The van der Waals surface area contributed by atoms with Gasteiger partial charge in [0.1, 0.15) is 0 Å². The molecule has 1 saturated heterocycles. The maximum absolute atomic E-state index is 9.39. The molecule has 1 fully saturated rings. The first-order chi connectivity index (χ1) is 16.5. The number of anilines is 2. The van der Waals surface area contributed by atoms with Gasteiger partial charge in [0, 0.05) is 37.4 Å². The number of nitrogens with two attached hydrogens (primary N) is 1. The molecule has 1 aromatic carbocycles. The third-order valence-electron chi connectivity index (χ3n) is 6.31. The maximum atomic E-state index is 9.39. The minimum atomic E-state index is -0.0893. The lowest BCUT2D eigenvalue weighted by atomic mass is 10.1. The van der Waals surface area contributed by atoms with Crippen molar-refractivity contribution in [2.24, 2.45) is 5.73 Å². The summed E-state index contributed by atoms with van der Waals surface area (Å²) >= 11 is 0. The maximum Gasteiger partial charge on any atom is 0.230 e. The minimum absolute atomic E-state index is 0.0893. The quantitative estimate of drug-likeness (QED) is 0.384. The van der Waals surface area contributed by atoms with Crippen molar-refractivity contribution in [2.45, 2.75) is 51.8 Å². The fourth-order valence-electron chi connectivity index (χ4n) is 4.28. The number of para-hydroxylation sites is 1. The van der Waals surface area contributed by atoms with Crippen molar-refractivity contribution in [3.05, 3.63) is 59.5 Å². The molecule has 0 spiro atoms. The van der Waals surface area contributed by atoms with Crippen LogP contribution in [0.3, 0.4) is 0 Å². The highest BCUT2D eigenvalue weighted by Gasteiger charge is 2.22. The first-order valence-corrected chi connectivity index (χ1v) is 11.8. The highest BCUT2D eigenvalue weighted by molar-refractivity contribution is 5.56. The molecule has 1 aliphatic heterocycles. The second kappa shape index (κ2) is 9.40. The lowest BCUT2D eigenvalue weighted by Gasteiger charge is -2.30. The summed E-state index contributed by atoms with van der Waals surface area (Å²) in [6, 6.07) is 10.1. The van der Waals surface area contributed by atoms with E-state index in [-0.39, 0.29) is 12.6 Å². The number of rotatable bonds is 7. The molecule has 34 heavy (non-hydrogen) atoms. The van der Waals surface area contributed by atoms with Gasteiger partial charge in [0.05, 0.1) is 24.2 Å². The largest absolute Gasteiger partial charge is 0.390 e. The van der Waals surface area contributed by atoms with Crippen LogP contribution in [0.4, 0.5) is 11.9 Å². The van der Waals surface area contributed by atoms with Crippen molar-refractivity contribution in [3.63, 3.8) is 0 Å².